The molecule has 0 unspecified atom stereocenters. The maximum absolute atomic E-state index is 6.84. The highest BCUT2D eigenvalue weighted by atomic mass is 35.5. The number of unbranched alkanes of at least 4 members (excludes halogenated alkanes) is 3. The molecule has 0 bridgehead atoms. The molecular weight excluding hydrogens is 584 g/mol. The second-order valence-corrected chi connectivity index (χ2v) is 16.0. The number of alkyl halides is 1. The van der Waals surface area contributed by atoms with Crippen LogP contribution >= 0.6 is 11.6 Å². The van der Waals surface area contributed by atoms with E-state index in [9.17, 15) is 0 Å². The average Bonchev–Trinajstić information content (AvgIpc) is 3.01. The molecule has 0 spiro atoms. The predicted octanol–water partition coefficient (Wildman–Crippen LogP) is 5.46. The Hall–Kier alpha value is -1.33. The van der Waals surface area contributed by atoms with E-state index >= 15 is 0 Å². The van der Waals surface area contributed by atoms with Crippen LogP contribution in [0.1, 0.15) is 46.5 Å². The number of hydrogen-bond acceptors (Lipinski definition) is 7. The fourth-order valence-corrected chi connectivity index (χ4v) is 9.60. The summed E-state index contributed by atoms with van der Waals surface area (Å²) in [6.07, 6.45) is 4.51. The molecule has 0 N–H and O–H groups in total. The molecule has 0 atom stereocenters. The second-order valence-electron chi connectivity index (χ2n) is 11.3. The fraction of sp³-hybridized carbons (Fsp3) is 0.647. The van der Waals surface area contributed by atoms with Gasteiger partial charge in [0.15, 0.2) is 0 Å². The van der Waals surface area contributed by atoms with Crippen LogP contribution in [0.4, 0.5) is 0 Å². The summed E-state index contributed by atoms with van der Waals surface area (Å²) in [6, 6.07) is 21.3. The highest BCUT2D eigenvalue weighted by Gasteiger charge is 2.49. The van der Waals surface area contributed by atoms with Crippen molar-refractivity contribution in [1.82, 2.24) is 0 Å². The summed E-state index contributed by atoms with van der Waals surface area (Å²) in [5, 5.41) is 2.51. The fourth-order valence-electron chi connectivity index (χ4n) is 4.87. The molecule has 0 aliphatic rings. The van der Waals surface area contributed by atoms with Gasteiger partial charge in [0.25, 0.3) is 8.32 Å². The quantitative estimate of drug-likeness (QED) is 0.0731. The topological polar surface area (TPSA) is 64.6 Å². The molecule has 0 aliphatic heterocycles. The van der Waals surface area contributed by atoms with E-state index in [-0.39, 0.29) is 5.04 Å². The number of benzene rings is 2. The second kappa shape index (κ2) is 24.0. The molecule has 0 heterocycles. The lowest BCUT2D eigenvalue weighted by Crippen LogP contribution is -2.66. The van der Waals surface area contributed by atoms with E-state index in [0.29, 0.717) is 79.3 Å². The Morgan fingerprint density at radius 3 is 1.19 bits per heavy atom. The summed E-state index contributed by atoms with van der Waals surface area (Å²) < 4.78 is 40.5. The minimum atomic E-state index is -2.52. The van der Waals surface area contributed by atoms with E-state index in [2.05, 4.69) is 81.4 Å². The Morgan fingerprint density at radius 2 is 0.814 bits per heavy atom. The van der Waals surface area contributed by atoms with Crippen LogP contribution in [0, 0.1) is 0 Å². The molecule has 2 rings (SSSR count). The third-order valence-electron chi connectivity index (χ3n) is 7.00. The van der Waals surface area contributed by atoms with Crippen LogP contribution in [0.3, 0.4) is 0 Å². The molecule has 2 aromatic carbocycles. The van der Waals surface area contributed by atoms with Crippen LogP contribution in [0.5, 0.6) is 0 Å². The van der Waals surface area contributed by atoms with Crippen molar-refractivity contribution in [2.45, 2.75) is 51.5 Å². The van der Waals surface area contributed by atoms with E-state index in [1.165, 1.54) is 23.2 Å². The number of rotatable bonds is 27. The lowest BCUT2D eigenvalue weighted by Gasteiger charge is -2.43. The molecule has 0 aromatic heterocycles. The van der Waals surface area contributed by atoms with Gasteiger partial charge in [-0.05, 0) is 28.3 Å². The Morgan fingerprint density at radius 1 is 0.465 bits per heavy atom. The van der Waals surface area contributed by atoms with Crippen LogP contribution in [-0.2, 0) is 32.8 Å². The summed E-state index contributed by atoms with van der Waals surface area (Å²) >= 11 is 5.67. The first-order chi connectivity index (χ1) is 21.0. The SMILES string of the molecule is CC(C)(C)[Si](OCCOCCOCCOCCOCCOCCOCCCCCCCl)(c1ccccc1)c1ccccc1. The molecule has 244 valence electrons. The third-order valence-corrected chi connectivity index (χ3v) is 12.3. The number of ether oxygens (including phenoxy) is 6. The first kappa shape index (κ1) is 37.9. The van der Waals surface area contributed by atoms with Crippen molar-refractivity contribution in [3.63, 3.8) is 0 Å². The van der Waals surface area contributed by atoms with Gasteiger partial charge < -0.3 is 32.8 Å². The lowest BCUT2D eigenvalue weighted by molar-refractivity contribution is -0.0180. The summed E-state index contributed by atoms with van der Waals surface area (Å²) in [6.45, 7) is 14.2. The zero-order valence-corrected chi connectivity index (χ0v) is 28.5. The van der Waals surface area contributed by atoms with Gasteiger partial charge in [-0.25, -0.2) is 0 Å². The van der Waals surface area contributed by atoms with E-state index in [0.717, 1.165) is 25.3 Å². The van der Waals surface area contributed by atoms with E-state index in [4.69, 9.17) is 44.4 Å². The molecule has 0 fully saturated rings. The Bertz CT molecular complexity index is 859. The van der Waals surface area contributed by atoms with Gasteiger partial charge in [0.2, 0.25) is 0 Å². The van der Waals surface area contributed by atoms with Crippen molar-refractivity contribution < 1.29 is 32.8 Å². The Balaban J connectivity index is 1.45. The Kier molecular flexibility index (Phi) is 21.1. The standard InChI is InChI=1S/C34H55ClO7Si/c1-34(2,3)43(32-14-8-6-9-15-32,33-16-10-7-11-17-33)42-31-30-41-29-28-40-27-26-39-25-24-38-23-22-37-21-20-36-19-13-5-4-12-18-35/h6-11,14-17H,4-5,12-13,18-31H2,1-3H3. The van der Waals surface area contributed by atoms with Crippen molar-refractivity contribution in [1.29, 1.82) is 0 Å². The zero-order valence-electron chi connectivity index (χ0n) is 26.7. The van der Waals surface area contributed by atoms with Gasteiger partial charge in [-0.2, -0.15) is 0 Å². The van der Waals surface area contributed by atoms with Crippen LogP contribution in [0.25, 0.3) is 0 Å². The largest absolute Gasteiger partial charge is 0.405 e. The number of halogens is 1. The molecular formula is C34H55ClO7Si. The minimum absolute atomic E-state index is 0.0446. The Labute approximate surface area is 266 Å². The molecule has 0 aliphatic carbocycles. The lowest BCUT2D eigenvalue weighted by atomic mass is 10.2. The van der Waals surface area contributed by atoms with Crippen molar-refractivity contribution >= 4 is 30.3 Å². The van der Waals surface area contributed by atoms with E-state index < -0.39 is 8.32 Å². The van der Waals surface area contributed by atoms with Crippen molar-refractivity contribution in [2.75, 3.05) is 91.8 Å². The number of hydrogen-bond donors (Lipinski definition) is 0. The third kappa shape index (κ3) is 15.5. The van der Waals surface area contributed by atoms with Gasteiger partial charge in [-0.15, -0.1) is 11.6 Å². The molecule has 9 heteroatoms. The molecule has 2 aromatic rings. The molecule has 0 radical (unpaired) electrons. The summed E-state index contributed by atoms with van der Waals surface area (Å²) in [5.41, 5.74) is 0. The normalized spacial score (nSPS) is 12.2. The molecule has 0 saturated heterocycles. The highest BCUT2D eigenvalue weighted by molar-refractivity contribution is 6.99. The van der Waals surface area contributed by atoms with Crippen LogP contribution in [0.2, 0.25) is 5.04 Å². The van der Waals surface area contributed by atoms with E-state index in [1.807, 2.05) is 0 Å². The molecule has 0 saturated carbocycles. The minimum Gasteiger partial charge on any atom is -0.405 e. The first-order valence-electron chi connectivity index (χ1n) is 15.8. The average molecular weight is 639 g/mol. The van der Waals surface area contributed by atoms with Crippen molar-refractivity contribution in [3.05, 3.63) is 60.7 Å². The van der Waals surface area contributed by atoms with Gasteiger partial charge in [-0.1, -0.05) is 94.3 Å². The highest BCUT2D eigenvalue weighted by Crippen LogP contribution is 2.36. The summed E-state index contributed by atoms with van der Waals surface area (Å²) in [5.74, 6) is 0.747. The van der Waals surface area contributed by atoms with Gasteiger partial charge in [0.05, 0.1) is 79.3 Å². The maximum atomic E-state index is 6.84. The first-order valence-corrected chi connectivity index (χ1v) is 18.2. The van der Waals surface area contributed by atoms with Crippen LogP contribution in [0.15, 0.2) is 60.7 Å². The van der Waals surface area contributed by atoms with Crippen LogP contribution in [-0.4, -0.2) is 100 Å². The predicted molar refractivity (Wildman–Crippen MR) is 178 cm³/mol. The van der Waals surface area contributed by atoms with Crippen molar-refractivity contribution in [3.8, 4) is 0 Å². The van der Waals surface area contributed by atoms with Crippen molar-refractivity contribution in [2.24, 2.45) is 0 Å². The van der Waals surface area contributed by atoms with Gasteiger partial charge in [0.1, 0.15) is 0 Å². The monoisotopic (exact) mass is 638 g/mol. The summed E-state index contributed by atoms with van der Waals surface area (Å²) in [4.78, 5) is 0. The molecule has 7 nitrogen and oxygen atoms in total. The van der Waals surface area contributed by atoms with Gasteiger partial charge in [0, 0.05) is 12.5 Å². The summed E-state index contributed by atoms with van der Waals surface area (Å²) in [7, 11) is -2.52. The van der Waals surface area contributed by atoms with Crippen LogP contribution < -0.4 is 10.4 Å². The van der Waals surface area contributed by atoms with Gasteiger partial charge >= 0.3 is 0 Å². The zero-order chi connectivity index (χ0) is 30.9. The smallest absolute Gasteiger partial charge is 0.261 e. The van der Waals surface area contributed by atoms with Gasteiger partial charge in [-0.3, -0.25) is 0 Å². The molecule has 43 heavy (non-hydrogen) atoms. The van der Waals surface area contributed by atoms with E-state index in [1.54, 1.807) is 0 Å². The molecule has 0 amide bonds. The maximum Gasteiger partial charge on any atom is 0.261 e.